The minimum absolute atomic E-state index is 0.0305. The third-order valence-electron chi connectivity index (χ3n) is 6.93. The molecule has 0 bridgehead atoms. The Kier molecular flexibility index (Phi) is 7.06. The summed E-state index contributed by atoms with van der Waals surface area (Å²) in [6.45, 7) is 4.97. The summed E-state index contributed by atoms with van der Waals surface area (Å²) in [6.07, 6.45) is 5.80. The Morgan fingerprint density at radius 1 is 1.20 bits per heavy atom. The van der Waals surface area contributed by atoms with Crippen LogP contribution in [0.1, 0.15) is 36.2 Å². The van der Waals surface area contributed by atoms with Crippen LogP contribution in [0.5, 0.6) is 0 Å². The van der Waals surface area contributed by atoms with Crippen LogP contribution in [0.4, 0.5) is 10.2 Å². The highest BCUT2D eigenvalue weighted by Gasteiger charge is 2.28. The van der Waals surface area contributed by atoms with Crippen molar-refractivity contribution < 1.29 is 13.8 Å². The number of nitrogens with zero attached hydrogens (tertiary/aromatic N) is 5. The topological polar surface area (TPSA) is 82.0 Å². The number of piperazine rings is 1. The highest BCUT2D eigenvalue weighted by atomic mass is 19.1. The summed E-state index contributed by atoms with van der Waals surface area (Å²) >= 11 is 0. The number of amidine groups is 2. The van der Waals surface area contributed by atoms with Crippen LogP contribution in [-0.4, -0.2) is 72.7 Å². The normalized spacial score (nSPS) is 24.6. The number of hydrogen-bond acceptors (Lipinski definition) is 6. The molecular weight excluding hydrogens is 445 g/mol. The van der Waals surface area contributed by atoms with E-state index in [-0.39, 0.29) is 17.9 Å². The number of nitrogens with one attached hydrogen (secondary N) is 1. The quantitative estimate of drug-likeness (QED) is 0.490. The van der Waals surface area contributed by atoms with Crippen LogP contribution in [0, 0.1) is 5.82 Å². The summed E-state index contributed by atoms with van der Waals surface area (Å²) < 4.78 is 15.9. The molecule has 0 spiro atoms. The largest absolute Gasteiger partial charge is 0.360 e. The van der Waals surface area contributed by atoms with Crippen LogP contribution in [0.3, 0.4) is 0 Å². The van der Waals surface area contributed by atoms with Gasteiger partial charge >= 0.3 is 0 Å². The molecule has 8 nitrogen and oxygen atoms in total. The van der Waals surface area contributed by atoms with Crippen molar-refractivity contribution in [2.75, 3.05) is 51.3 Å². The first-order valence-corrected chi connectivity index (χ1v) is 12.3. The van der Waals surface area contributed by atoms with Gasteiger partial charge in [0.15, 0.2) is 0 Å². The molecular formula is C26H33FN7O+. The lowest BCUT2D eigenvalue weighted by Gasteiger charge is -2.34. The third-order valence-corrected chi connectivity index (χ3v) is 6.93. The van der Waals surface area contributed by atoms with Crippen LogP contribution < -0.4 is 16.0 Å². The van der Waals surface area contributed by atoms with Crippen molar-refractivity contribution in [1.29, 1.82) is 0 Å². The zero-order valence-corrected chi connectivity index (χ0v) is 20.1. The minimum atomic E-state index is -0.214. The molecule has 2 saturated heterocycles. The van der Waals surface area contributed by atoms with Crippen molar-refractivity contribution in [2.24, 2.45) is 10.7 Å². The van der Waals surface area contributed by atoms with E-state index in [1.807, 2.05) is 29.3 Å². The number of halogens is 1. The number of pyridine rings is 1. The Morgan fingerprint density at radius 3 is 2.83 bits per heavy atom. The van der Waals surface area contributed by atoms with E-state index < -0.39 is 0 Å². The maximum Gasteiger partial charge on any atom is 0.268 e. The number of nitrogens with two attached hydrogens (primary N) is 1. The summed E-state index contributed by atoms with van der Waals surface area (Å²) in [6, 6.07) is 13.1. The Bertz CT molecular complexity index is 1140. The molecule has 3 N–H and O–H groups in total. The number of aliphatic imine (C=N–C) groups is 1. The van der Waals surface area contributed by atoms with Crippen LogP contribution in [-0.2, 0) is 4.84 Å². The van der Waals surface area contributed by atoms with Gasteiger partial charge in [-0.05, 0) is 48.7 Å². The second-order valence-electron chi connectivity index (χ2n) is 9.11. The zero-order chi connectivity index (χ0) is 24.2. The number of aromatic nitrogens is 1. The highest BCUT2D eigenvalue weighted by molar-refractivity contribution is 6.00. The van der Waals surface area contributed by atoms with E-state index in [4.69, 9.17) is 15.6 Å². The van der Waals surface area contributed by atoms with E-state index in [0.29, 0.717) is 12.4 Å². The molecule has 5 rings (SSSR count). The first kappa shape index (κ1) is 23.4. The molecule has 2 unspecified atom stereocenters. The van der Waals surface area contributed by atoms with Crippen molar-refractivity contribution in [3.05, 3.63) is 71.7 Å². The fraction of sp³-hybridized carbons (Fsp3) is 0.423. The van der Waals surface area contributed by atoms with Gasteiger partial charge in [0.2, 0.25) is 0 Å². The van der Waals surface area contributed by atoms with Gasteiger partial charge < -0.3 is 15.1 Å². The van der Waals surface area contributed by atoms with Crippen molar-refractivity contribution >= 4 is 17.5 Å². The van der Waals surface area contributed by atoms with Gasteiger partial charge in [-0.2, -0.15) is 5.06 Å². The average Bonchev–Trinajstić information content (AvgIpc) is 3.58. The number of hydrogen-bond donors (Lipinski definition) is 2. The van der Waals surface area contributed by atoms with E-state index in [9.17, 15) is 4.39 Å². The van der Waals surface area contributed by atoms with Crippen LogP contribution >= 0.6 is 0 Å². The molecule has 2 aromatic rings. The fourth-order valence-corrected chi connectivity index (χ4v) is 5.03. The molecule has 3 aliphatic rings. The Morgan fingerprint density at radius 2 is 2.03 bits per heavy atom. The zero-order valence-electron chi connectivity index (χ0n) is 20.1. The molecule has 2 atom stereocenters. The maximum absolute atomic E-state index is 13.7. The molecule has 4 heterocycles. The molecule has 0 amide bonds. The van der Waals surface area contributed by atoms with Crippen molar-refractivity contribution in [2.45, 2.75) is 24.9 Å². The van der Waals surface area contributed by atoms with Crippen LogP contribution in [0.25, 0.3) is 0 Å². The summed E-state index contributed by atoms with van der Waals surface area (Å²) in [5.41, 5.74) is 8.38. The molecule has 1 aromatic heterocycles. The van der Waals surface area contributed by atoms with E-state index in [1.165, 1.54) is 6.07 Å². The molecule has 0 saturated carbocycles. The lowest BCUT2D eigenvalue weighted by Crippen LogP contribution is -2.46. The van der Waals surface area contributed by atoms with Gasteiger partial charge in [0.1, 0.15) is 23.5 Å². The molecule has 2 fully saturated rings. The van der Waals surface area contributed by atoms with Gasteiger partial charge in [0, 0.05) is 32.3 Å². The summed E-state index contributed by atoms with van der Waals surface area (Å²) in [7, 11) is 1.71. The first-order chi connectivity index (χ1) is 17.1. The van der Waals surface area contributed by atoms with E-state index in [1.54, 1.807) is 19.2 Å². The Balaban J connectivity index is 1.23. The molecule has 9 heteroatoms. The van der Waals surface area contributed by atoms with Gasteiger partial charge in [-0.15, -0.1) is 0 Å². The molecule has 35 heavy (non-hydrogen) atoms. The lowest BCUT2D eigenvalue weighted by atomic mass is 10.1. The van der Waals surface area contributed by atoms with E-state index >= 15 is 0 Å². The fourth-order valence-electron chi connectivity index (χ4n) is 5.03. The highest BCUT2D eigenvalue weighted by Crippen LogP contribution is 2.29. The van der Waals surface area contributed by atoms with Crippen molar-refractivity contribution in [3.63, 3.8) is 0 Å². The summed E-state index contributed by atoms with van der Waals surface area (Å²) in [5.74, 6) is 2.23. The average molecular weight is 479 g/mol. The standard InChI is InChI=1S/C26H32FN7O/c1-35-33-15-13-32(14-16-33)26-9-3-7-21(31-26)22-18-29-25(30-22)11-10-24(28)34-12-4-8-23(34)19-5-2-6-20(27)17-19/h2-3,5-7,9-11,17,22-23,28H,4,8,12-16,18H2,1H3,(H,29,30)/p+1/b11-10-. The van der Waals surface area contributed by atoms with Crippen molar-refractivity contribution in [1.82, 2.24) is 15.4 Å². The molecule has 184 valence electrons. The Labute approximate surface area is 205 Å². The second-order valence-corrected chi connectivity index (χ2v) is 9.11. The van der Waals surface area contributed by atoms with Crippen molar-refractivity contribution in [3.8, 4) is 0 Å². The second kappa shape index (κ2) is 10.5. The number of benzene rings is 1. The smallest absolute Gasteiger partial charge is 0.268 e. The predicted octanol–water partition coefficient (Wildman–Crippen LogP) is 2.41. The molecule has 3 aliphatic heterocycles. The van der Waals surface area contributed by atoms with E-state index in [2.05, 4.69) is 31.9 Å². The predicted molar refractivity (Wildman–Crippen MR) is 135 cm³/mol. The number of hydroxylamine groups is 2. The molecule has 0 radical (unpaired) electrons. The van der Waals surface area contributed by atoms with E-state index in [0.717, 1.165) is 68.5 Å². The molecule has 0 aliphatic carbocycles. The maximum atomic E-state index is 13.7. The SMILES string of the molecule is CON1CCN(c2cccc(C3CN=C(/C=C\C(N)=[N+]4CCCC4c4cccc(F)c4)N3)n2)CC1. The Hall–Kier alpha value is -3.30. The van der Waals surface area contributed by atoms with Gasteiger partial charge in [-0.25, -0.2) is 9.37 Å². The third kappa shape index (κ3) is 5.36. The van der Waals surface area contributed by atoms with Gasteiger partial charge in [-0.1, -0.05) is 18.2 Å². The van der Waals surface area contributed by atoms with Crippen LogP contribution in [0.15, 0.2) is 59.6 Å². The van der Waals surface area contributed by atoms with Gasteiger partial charge in [0.05, 0.1) is 31.9 Å². The molecule has 1 aromatic carbocycles. The lowest BCUT2D eigenvalue weighted by molar-refractivity contribution is -0.550. The monoisotopic (exact) mass is 478 g/mol. The first-order valence-electron chi connectivity index (χ1n) is 12.3. The number of anilines is 1. The summed E-state index contributed by atoms with van der Waals surface area (Å²) in [4.78, 5) is 17.2. The van der Waals surface area contributed by atoms with Gasteiger partial charge in [-0.3, -0.25) is 15.3 Å². The summed E-state index contributed by atoms with van der Waals surface area (Å²) in [5, 5.41) is 5.44. The minimum Gasteiger partial charge on any atom is -0.360 e. The van der Waals surface area contributed by atoms with Gasteiger partial charge in [0.25, 0.3) is 5.84 Å². The number of rotatable bonds is 6. The van der Waals surface area contributed by atoms with Crippen LogP contribution in [0.2, 0.25) is 0 Å².